The number of benzene rings is 2. The van der Waals surface area contributed by atoms with E-state index in [1.807, 2.05) is 12.1 Å². The Morgan fingerprint density at radius 1 is 0.964 bits per heavy atom. The van der Waals surface area contributed by atoms with Gasteiger partial charge in [0.05, 0.1) is 11.1 Å². The molecule has 0 spiro atoms. The molecule has 0 fully saturated rings. The van der Waals surface area contributed by atoms with E-state index in [1.165, 1.54) is 0 Å². The molecule has 4 nitrogen and oxygen atoms in total. The summed E-state index contributed by atoms with van der Waals surface area (Å²) in [7, 11) is 0. The number of carboxylic acids is 1. The molecule has 0 atom stereocenters. The van der Waals surface area contributed by atoms with Gasteiger partial charge in [0.2, 0.25) is 0 Å². The summed E-state index contributed by atoms with van der Waals surface area (Å²) in [6.45, 7) is 0. The number of hydrogen-bond acceptors (Lipinski definition) is 3. The summed E-state index contributed by atoms with van der Waals surface area (Å²) < 4.78 is 25.8. The van der Waals surface area contributed by atoms with Crippen molar-refractivity contribution in [3.8, 4) is 11.3 Å². The fourth-order valence-electron chi connectivity index (χ4n) is 2.43. The zero-order valence-corrected chi connectivity index (χ0v) is 16.7. The molecular weight excluding hydrogens is 542 g/mol. The van der Waals surface area contributed by atoms with Crippen LogP contribution < -0.4 is 0 Å². The second kappa shape index (κ2) is 9.78. The molecule has 2 aromatic carbocycles. The van der Waals surface area contributed by atoms with E-state index in [0.717, 1.165) is 17.5 Å². The molecule has 4 aromatic rings. The van der Waals surface area contributed by atoms with Gasteiger partial charge in [-0.25, -0.2) is 4.79 Å². The third-order valence-electron chi connectivity index (χ3n) is 3.64. The molecule has 1 N–H and O–H groups in total. The zero-order valence-electron chi connectivity index (χ0n) is 14.3. The van der Waals surface area contributed by atoms with Crippen molar-refractivity contribution in [3.63, 3.8) is 0 Å². The number of nitrogens with zero attached hydrogens (tertiary/aromatic N) is 2. The Hall–Kier alpha value is -3.02. The zero-order chi connectivity index (χ0) is 19.2. The number of rotatable bonds is 2. The number of para-hydroxylation sites is 1. The van der Waals surface area contributed by atoms with Gasteiger partial charge in [-0.1, -0.05) is 42.0 Å². The second-order valence-electron chi connectivity index (χ2n) is 5.44. The fraction of sp³-hybridized carbons (Fsp3) is 0. The van der Waals surface area contributed by atoms with E-state index in [4.69, 9.17) is 5.11 Å². The van der Waals surface area contributed by atoms with Gasteiger partial charge in [0, 0.05) is 49.5 Å². The van der Waals surface area contributed by atoms with Crippen LogP contribution in [0.15, 0.2) is 73.1 Å². The molecule has 2 aromatic heterocycles. The topological polar surface area (TPSA) is 63.1 Å². The van der Waals surface area contributed by atoms with Crippen LogP contribution in [0, 0.1) is 17.7 Å². The predicted molar refractivity (Wildman–Crippen MR) is 97.1 cm³/mol. The van der Waals surface area contributed by atoms with Crippen molar-refractivity contribution in [2.45, 2.75) is 0 Å². The Labute approximate surface area is 173 Å². The molecular formula is C21H13F2IrN2O2-. The molecule has 28 heavy (non-hydrogen) atoms. The molecule has 0 unspecified atom stereocenters. The number of aromatic carboxylic acids is 1. The summed E-state index contributed by atoms with van der Waals surface area (Å²) in [5.41, 5.74) is 1.42. The molecule has 0 saturated heterocycles. The molecule has 0 saturated carbocycles. The first kappa shape index (κ1) is 21.3. The molecule has 4 rings (SSSR count). The molecule has 1 radical (unpaired) electrons. The van der Waals surface area contributed by atoms with E-state index in [2.05, 4.69) is 16.0 Å². The van der Waals surface area contributed by atoms with Crippen molar-refractivity contribution >= 4 is 16.9 Å². The third-order valence-corrected chi connectivity index (χ3v) is 3.64. The van der Waals surface area contributed by atoms with Crippen LogP contribution >= 0.6 is 0 Å². The van der Waals surface area contributed by atoms with Gasteiger partial charge in [-0.2, -0.15) is 0 Å². The van der Waals surface area contributed by atoms with E-state index >= 15 is 0 Å². The van der Waals surface area contributed by atoms with Crippen LogP contribution in [0.1, 0.15) is 10.4 Å². The smallest absolute Gasteiger partial charge is 0.337 e. The predicted octanol–water partition coefficient (Wildman–Crippen LogP) is 4.76. The van der Waals surface area contributed by atoms with Gasteiger partial charge in [0.25, 0.3) is 0 Å². The van der Waals surface area contributed by atoms with Crippen LogP contribution in [-0.2, 0) is 20.1 Å². The Bertz CT molecular complexity index is 1090. The quantitative estimate of drug-likeness (QED) is 0.363. The van der Waals surface area contributed by atoms with E-state index < -0.39 is 17.6 Å². The second-order valence-corrected chi connectivity index (χ2v) is 5.44. The van der Waals surface area contributed by atoms with Gasteiger partial charge in [0.1, 0.15) is 0 Å². The number of carbonyl (C=O) groups is 1. The summed E-state index contributed by atoms with van der Waals surface area (Å²) in [6.07, 6.45) is 3.14. The van der Waals surface area contributed by atoms with Crippen molar-refractivity contribution in [2.75, 3.05) is 0 Å². The summed E-state index contributed by atoms with van der Waals surface area (Å²) in [4.78, 5) is 18.7. The summed E-state index contributed by atoms with van der Waals surface area (Å²) >= 11 is 0. The van der Waals surface area contributed by atoms with E-state index in [-0.39, 0.29) is 31.2 Å². The van der Waals surface area contributed by atoms with Gasteiger partial charge in [-0.3, -0.25) is 13.8 Å². The van der Waals surface area contributed by atoms with Crippen LogP contribution in [0.4, 0.5) is 8.78 Å². The van der Waals surface area contributed by atoms with Gasteiger partial charge in [-0.15, -0.1) is 12.1 Å². The first-order chi connectivity index (χ1) is 13.1. The molecule has 0 aliphatic rings. The van der Waals surface area contributed by atoms with Gasteiger partial charge in [0.15, 0.2) is 0 Å². The maximum atomic E-state index is 13.2. The summed E-state index contributed by atoms with van der Waals surface area (Å²) in [6, 6.07) is 18.3. The Morgan fingerprint density at radius 2 is 1.71 bits per heavy atom. The molecule has 143 valence electrons. The standard InChI is InChI=1S/C11H6F2N.C10H7NO2.Ir/c12-8-4-5-9(10(13)7-8)11-3-1-2-6-14-11;12-10(13)8-5-1-3-7-4-2-6-11-9(7)8;/h1-4,6-7H;1-6H,(H,12,13);/q-1;;. The number of halogens is 2. The Balaban J connectivity index is 0.000000194. The van der Waals surface area contributed by atoms with Gasteiger partial charge >= 0.3 is 5.97 Å². The van der Waals surface area contributed by atoms with Crippen LogP contribution in [-0.4, -0.2) is 21.0 Å². The van der Waals surface area contributed by atoms with Crippen molar-refractivity contribution in [3.05, 3.63) is 96.3 Å². The number of hydrogen-bond donors (Lipinski definition) is 1. The van der Waals surface area contributed by atoms with E-state index in [1.54, 1.807) is 48.8 Å². The largest absolute Gasteiger partial charge is 0.478 e. The molecule has 2 heterocycles. The minimum atomic E-state index is -0.940. The molecule has 0 aliphatic carbocycles. The van der Waals surface area contributed by atoms with Crippen LogP contribution in [0.2, 0.25) is 0 Å². The monoisotopic (exact) mass is 556 g/mol. The molecule has 0 aliphatic heterocycles. The molecule has 0 amide bonds. The molecule has 7 heteroatoms. The summed E-state index contributed by atoms with van der Waals surface area (Å²) in [5.74, 6) is -2.23. The maximum Gasteiger partial charge on any atom is 0.337 e. The van der Waals surface area contributed by atoms with Crippen LogP contribution in [0.3, 0.4) is 0 Å². The van der Waals surface area contributed by atoms with Crippen molar-refractivity contribution in [1.29, 1.82) is 0 Å². The van der Waals surface area contributed by atoms with Crippen LogP contribution in [0.25, 0.3) is 22.2 Å². The normalized spacial score (nSPS) is 9.79. The number of pyridine rings is 2. The third kappa shape index (κ3) is 5.03. The summed E-state index contributed by atoms with van der Waals surface area (Å²) in [5, 5.41) is 9.69. The van der Waals surface area contributed by atoms with Crippen LogP contribution in [0.5, 0.6) is 0 Å². The van der Waals surface area contributed by atoms with Crippen molar-refractivity contribution in [2.24, 2.45) is 0 Å². The van der Waals surface area contributed by atoms with Crippen molar-refractivity contribution in [1.82, 2.24) is 9.97 Å². The van der Waals surface area contributed by atoms with Gasteiger partial charge in [-0.05, 0) is 23.9 Å². The average molecular weight is 556 g/mol. The Morgan fingerprint density at radius 3 is 2.39 bits per heavy atom. The maximum absolute atomic E-state index is 13.2. The average Bonchev–Trinajstić information content (AvgIpc) is 2.68. The first-order valence-electron chi connectivity index (χ1n) is 7.91. The Kier molecular flexibility index (Phi) is 7.43. The van der Waals surface area contributed by atoms with E-state index in [0.29, 0.717) is 11.2 Å². The van der Waals surface area contributed by atoms with E-state index in [9.17, 15) is 13.6 Å². The molecule has 0 bridgehead atoms. The minimum absolute atomic E-state index is 0. The minimum Gasteiger partial charge on any atom is -0.478 e. The first-order valence-corrected chi connectivity index (χ1v) is 7.91. The van der Waals surface area contributed by atoms with Crippen molar-refractivity contribution < 1.29 is 38.8 Å². The van der Waals surface area contributed by atoms with Gasteiger partial charge < -0.3 is 10.1 Å². The number of aromatic nitrogens is 2. The number of carboxylic acid groups (broad SMARTS) is 1. The SMILES string of the molecule is Fc1c[c-]c(-c2ccccn2)c(F)c1.O=C(O)c1cccc2cccnc12.[Ir]. The fourth-order valence-corrected chi connectivity index (χ4v) is 2.43. The number of fused-ring (bicyclic) bond motifs is 1.